The molecule has 168 valence electrons. The number of thiophene rings is 1. The van der Waals surface area contributed by atoms with Crippen molar-refractivity contribution in [3.05, 3.63) is 95.4 Å². The van der Waals surface area contributed by atoms with Crippen molar-refractivity contribution in [1.82, 2.24) is 4.72 Å². The minimum absolute atomic E-state index is 0.133. The molecule has 2 heterocycles. The van der Waals surface area contributed by atoms with Crippen LogP contribution in [0.4, 0.5) is 0 Å². The van der Waals surface area contributed by atoms with Gasteiger partial charge >= 0.3 is 0 Å². The Labute approximate surface area is 197 Å². The molecule has 0 aliphatic carbocycles. The Bertz CT molecular complexity index is 1390. The Morgan fingerprint density at radius 2 is 1.70 bits per heavy atom. The topological polar surface area (TPSA) is 64.6 Å². The third kappa shape index (κ3) is 4.39. The first-order valence-corrected chi connectivity index (χ1v) is 13.0. The molecule has 1 aromatic heterocycles. The van der Waals surface area contributed by atoms with Crippen molar-refractivity contribution >= 4 is 37.5 Å². The van der Waals surface area contributed by atoms with Crippen LogP contribution in [0.5, 0.6) is 11.5 Å². The lowest BCUT2D eigenvalue weighted by Gasteiger charge is -2.20. The molecule has 0 unspecified atom stereocenters. The van der Waals surface area contributed by atoms with Crippen LogP contribution in [0.15, 0.2) is 84.3 Å². The predicted molar refractivity (Wildman–Crippen MR) is 133 cm³/mol. The molecule has 5 nitrogen and oxygen atoms in total. The van der Waals surface area contributed by atoms with Gasteiger partial charge in [-0.25, -0.2) is 8.42 Å². The molecule has 0 saturated heterocycles. The number of hydrogen-bond acceptors (Lipinski definition) is 5. The molecule has 3 aromatic carbocycles. The number of fused-ring (bicyclic) bond motifs is 2. The number of rotatable bonds is 6. The Kier molecular flexibility index (Phi) is 5.93. The summed E-state index contributed by atoms with van der Waals surface area (Å²) in [4.78, 5) is 1.04. The maximum atomic E-state index is 13.5. The zero-order valence-corrected chi connectivity index (χ0v) is 19.5. The van der Waals surface area contributed by atoms with Crippen molar-refractivity contribution in [3.63, 3.8) is 0 Å². The van der Waals surface area contributed by atoms with E-state index >= 15 is 0 Å². The molecule has 0 radical (unpaired) electrons. The summed E-state index contributed by atoms with van der Waals surface area (Å²) in [6.07, 6.45) is 2.50. The molecule has 4 aromatic rings. The second-order valence-corrected chi connectivity index (χ2v) is 10.6. The Hall–Kier alpha value is -3.13. The van der Waals surface area contributed by atoms with Crippen molar-refractivity contribution < 1.29 is 17.9 Å². The van der Waals surface area contributed by atoms with Crippen LogP contribution in [-0.2, 0) is 10.0 Å². The van der Waals surface area contributed by atoms with Gasteiger partial charge in [0, 0.05) is 22.1 Å². The van der Waals surface area contributed by atoms with Gasteiger partial charge < -0.3 is 9.47 Å². The average Bonchev–Trinajstić information content (AvgIpc) is 3.12. The number of sulfonamides is 1. The summed E-state index contributed by atoms with van der Waals surface area (Å²) in [5.74, 6) is 1.00. The van der Waals surface area contributed by atoms with Crippen LogP contribution in [0.2, 0.25) is 0 Å². The van der Waals surface area contributed by atoms with Crippen LogP contribution in [0.25, 0.3) is 16.2 Å². The van der Waals surface area contributed by atoms with Gasteiger partial charge in [-0.15, -0.1) is 11.3 Å². The summed E-state index contributed by atoms with van der Waals surface area (Å²) in [7, 11) is -3.88. The van der Waals surface area contributed by atoms with Gasteiger partial charge in [0.2, 0.25) is 10.0 Å². The number of benzene rings is 3. The lowest BCUT2D eigenvalue weighted by Crippen LogP contribution is -2.29. The second-order valence-electron chi connectivity index (χ2n) is 7.73. The molecule has 0 saturated carbocycles. The van der Waals surface area contributed by atoms with Gasteiger partial charge in [0.05, 0.1) is 24.2 Å². The minimum atomic E-state index is -3.88. The van der Waals surface area contributed by atoms with E-state index < -0.39 is 16.1 Å². The summed E-state index contributed by atoms with van der Waals surface area (Å²) in [5.41, 5.74) is 1.72. The molecule has 0 amide bonds. The summed E-state index contributed by atoms with van der Waals surface area (Å²) < 4.78 is 42.5. The van der Waals surface area contributed by atoms with Gasteiger partial charge in [0.25, 0.3) is 0 Å². The summed E-state index contributed by atoms with van der Waals surface area (Å²) in [6, 6.07) is 21.9. The van der Waals surface area contributed by atoms with E-state index in [0.29, 0.717) is 24.7 Å². The third-order valence-electron chi connectivity index (χ3n) is 5.56. The maximum absolute atomic E-state index is 13.5. The Morgan fingerprint density at radius 1 is 0.939 bits per heavy atom. The third-order valence-corrected chi connectivity index (χ3v) is 8.16. The second kappa shape index (κ2) is 9.02. The van der Waals surface area contributed by atoms with E-state index in [9.17, 15) is 8.42 Å². The summed E-state index contributed by atoms with van der Waals surface area (Å²) in [5, 5.41) is 1.08. The van der Waals surface area contributed by atoms with E-state index in [1.807, 2.05) is 54.6 Å². The van der Waals surface area contributed by atoms with Crippen molar-refractivity contribution in [2.45, 2.75) is 17.4 Å². The molecular formula is C26H23NO4S2. The lowest BCUT2D eigenvalue weighted by atomic mass is 9.99. The van der Waals surface area contributed by atoms with Crippen LogP contribution in [0, 0.1) is 0 Å². The van der Waals surface area contributed by atoms with Crippen LogP contribution in [0.3, 0.4) is 0 Å². The van der Waals surface area contributed by atoms with Crippen LogP contribution < -0.4 is 14.2 Å². The van der Waals surface area contributed by atoms with Crippen molar-refractivity contribution in [2.24, 2.45) is 0 Å². The highest BCUT2D eigenvalue weighted by Crippen LogP contribution is 2.37. The van der Waals surface area contributed by atoms with Crippen LogP contribution >= 0.6 is 11.3 Å². The smallest absolute Gasteiger partial charge is 0.241 e. The van der Waals surface area contributed by atoms with Crippen molar-refractivity contribution in [1.29, 1.82) is 0 Å². The van der Waals surface area contributed by atoms with E-state index in [2.05, 4.69) is 11.3 Å². The fraction of sp³-hybridized carbons (Fsp3) is 0.154. The largest absolute Gasteiger partial charge is 0.490 e. The molecule has 1 aliphatic rings. The van der Waals surface area contributed by atoms with Gasteiger partial charge in [0.1, 0.15) is 0 Å². The quantitative estimate of drug-likeness (QED) is 0.383. The average molecular weight is 478 g/mol. The van der Waals surface area contributed by atoms with E-state index in [4.69, 9.17) is 9.47 Å². The molecule has 1 aliphatic heterocycles. The standard InChI is InChI=1S/C26H23NO4S2/c1-2-18-8-3-5-10-21(18)26(25-16-19-9-4-6-11-24(19)32-25)27-33(28,29)20-12-13-22-23(17-20)31-15-7-14-30-22/h2-6,8-13,16-17,26-27H,1,7,14-15H2/t26-/m1/s1. The molecule has 0 fully saturated rings. The molecule has 33 heavy (non-hydrogen) atoms. The highest BCUT2D eigenvalue weighted by molar-refractivity contribution is 7.89. The lowest BCUT2D eigenvalue weighted by molar-refractivity contribution is 0.297. The van der Waals surface area contributed by atoms with Gasteiger partial charge in [-0.3, -0.25) is 0 Å². The van der Waals surface area contributed by atoms with E-state index in [1.165, 1.54) is 6.07 Å². The Morgan fingerprint density at radius 3 is 2.52 bits per heavy atom. The number of hydrogen-bond donors (Lipinski definition) is 1. The molecule has 1 N–H and O–H groups in total. The number of ether oxygens (including phenoxy) is 2. The monoisotopic (exact) mass is 477 g/mol. The molecule has 5 rings (SSSR count). The molecule has 0 spiro atoms. The van der Waals surface area contributed by atoms with Gasteiger partial charge in [-0.05, 0) is 40.8 Å². The van der Waals surface area contributed by atoms with Crippen LogP contribution in [-0.4, -0.2) is 21.6 Å². The van der Waals surface area contributed by atoms with E-state index in [-0.39, 0.29) is 4.90 Å². The van der Waals surface area contributed by atoms with Crippen molar-refractivity contribution in [2.75, 3.05) is 13.2 Å². The van der Waals surface area contributed by atoms with Gasteiger partial charge in [0.15, 0.2) is 11.5 Å². The number of nitrogens with one attached hydrogen (secondary N) is 1. The molecule has 1 atom stereocenters. The fourth-order valence-corrected chi connectivity index (χ4v) is 6.33. The first-order valence-electron chi connectivity index (χ1n) is 10.7. The molecule has 7 heteroatoms. The highest BCUT2D eigenvalue weighted by atomic mass is 32.2. The summed E-state index contributed by atoms with van der Waals surface area (Å²) >= 11 is 1.57. The van der Waals surface area contributed by atoms with Gasteiger partial charge in [-0.1, -0.05) is 55.1 Å². The van der Waals surface area contributed by atoms with Crippen LogP contribution in [0.1, 0.15) is 28.5 Å². The first-order chi connectivity index (χ1) is 16.0. The Balaban J connectivity index is 1.58. The minimum Gasteiger partial charge on any atom is -0.490 e. The van der Waals surface area contributed by atoms with Crippen molar-refractivity contribution in [3.8, 4) is 11.5 Å². The normalized spacial score (nSPS) is 14.5. The fourth-order valence-electron chi connectivity index (χ4n) is 3.91. The highest BCUT2D eigenvalue weighted by Gasteiger charge is 2.27. The zero-order valence-electron chi connectivity index (χ0n) is 17.9. The van der Waals surface area contributed by atoms with E-state index in [1.54, 1.807) is 29.5 Å². The van der Waals surface area contributed by atoms with Gasteiger partial charge in [-0.2, -0.15) is 4.72 Å². The maximum Gasteiger partial charge on any atom is 0.241 e. The first kappa shape index (κ1) is 21.7. The SMILES string of the molecule is C=Cc1ccccc1[C@@H](NS(=O)(=O)c1ccc2c(c1)OCCCO2)c1cc2ccccc2s1. The predicted octanol–water partition coefficient (Wildman–Crippen LogP) is 5.77. The molecule has 0 bridgehead atoms. The molecular weight excluding hydrogens is 454 g/mol. The summed E-state index contributed by atoms with van der Waals surface area (Å²) in [6.45, 7) is 4.95. The zero-order chi connectivity index (χ0) is 22.8. The van der Waals surface area contributed by atoms with E-state index in [0.717, 1.165) is 32.5 Å².